The van der Waals surface area contributed by atoms with Gasteiger partial charge in [0.2, 0.25) is 0 Å². The first-order valence-electron chi connectivity index (χ1n) is 5.92. The molecule has 1 aliphatic rings. The SMILES string of the molecule is CC(C)(C)OC(=O)NCC1CNC(C(=O)O)C1=C=O. The van der Waals surface area contributed by atoms with Crippen LogP contribution in [-0.2, 0) is 14.3 Å². The maximum atomic E-state index is 11.4. The Morgan fingerprint density at radius 1 is 1.53 bits per heavy atom. The Kier molecular flexibility index (Phi) is 4.69. The van der Waals surface area contributed by atoms with Gasteiger partial charge in [0.1, 0.15) is 17.6 Å². The van der Waals surface area contributed by atoms with Crippen LogP contribution < -0.4 is 10.6 Å². The minimum Gasteiger partial charge on any atom is -0.480 e. The van der Waals surface area contributed by atoms with E-state index in [0.29, 0.717) is 6.54 Å². The second-order valence-corrected chi connectivity index (χ2v) is 5.32. The van der Waals surface area contributed by atoms with Crippen molar-refractivity contribution in [3.05, 3.63) is 5.57 Å². The first-order valence-corrected chi connectivity index (χ1v) is 5.92. The number of aliphatic carboxylic acids is 1. The van der Waals surface area contributed by atoms with Crippen LogP contribution in [0, 0.1) is 5.92 Å². The zero-order valence-corrected chi connectivity index (χ0v) is 11.1. The molecular weight excluding hydrogens is 252 g/mol. The smallest absolute Gasteiger partial charge is 0.407 e. The highest BCUT2D eigenvalue weighted by atomic mass is 16.6. The average Bonchev–Trinajstić information content (AvgIpc) is 2.66. The molecule has 0 saturated carbocycles. The van der Waals surface area contributed by atoms with Crippen LogP contribution in [0.5, 0.6) is 0 Å². The standard InChI is InChI=1S/C12H18N2O5/c1-12(2,3)19-11(18)14-5-7-4-13-9(10(16)17)8(7)6-15/h7,9,13H,4-5H2,1-3H3,(H,14,18)(H,16,17). The number of carboxylic acid groups (broad SMARTS) is 1. The summed E-state index contributed by atoms with van der Waals surface area (Å²) < 4.78 is 5.05. The van der Waals surface area contributed by atoms with E-state index in [1.54, 1.807) is 26.7 Å². The summed E-state index contributed by atoms with van der Waals surface area (Å²) in [7, 11) is 0. The molecule has 106 valence electrons. The Labute approximate surface area is 111 Å². The molecule has 1 amide bonds. The summed E-state index contributed by atoms with van der Waals surface area (Å²) in [6.45, 7) is 5.65. The minimum absolute atomic E-state index is 0.114. The van der Waals surface area contributed by atoms with E-state index in [0.717, 1.165) is 0 Å². The summed E-state index contributed by atoms with van der Waals surface area (Å²) in [5.74, 6) is 0.139. The number of alkyl carbamates (subject to hydrolysis) is 1. The first-order chi connectivity index (χ1) is 8.74. The van der Waals surface area contributed by atoms with E-state index in [1.807, 2.05) is 0 Å². The van der Waals surface area contributed by atoms with Crippen molar-refractivity contribution in [2.75, 3.05) is 13.1 Å². The summed E-state index contributed by atoms with van der Waals surface area (Å²) in [5.41, 5.74) is -0.492. The number of rotatable bonds is 3. The highest BCUT2D eigenvalue weighted by Crippen LogP contribution is 2.18. The molecule has 3 N–H and O–H groups in total. The maximum absolute atomic E-state index is 11.4. The van der Waals surface area contributed by atoms with Gasteiger partial charge in [-0.2, -0.15) is 0 Å². The Morgan fingerprint density at radius 2 is 2.16 bits per heavy atom. The van der Waals surface area contributed by atoms with Crippen LogP contribution in [-0.4, -0.2) is 47.8 Å². The van der Waals surface area contributed by atoms with Gasteiger partial charge in [-0.15, -0.1) is 0 Å². The molecule has 0 aromatic heterocycles. The fraction of sp³-hybridized carbons (Fsp3) is 0.667. The van der Waals surface area contributed by atoms with Crippen LogP contribution in [0.3, 0.4) is 0 Å². The molecule has 0 radical (unpaired) electrons. The maximum Gasteiger partial charge on any atom is 0.407 e. The third-order valence-corrected chi connectivity index (χ3v) is 2.58. The zero-order chi connectivity index (χ0) is 14.6. The molecule has 7 heteroatoms. The predicted molar refractivity (Wildman–Crippen MR) is 66.4 cm³/mol. The van der Waals surface area contributed by atoms with Crippen LogP contribution in [0.25, 0.3) is 0 Å². The predicted octanol–water partition coefficient (Wildman–Crippen LogP) is -0.0583. The molecule has 1 rings (SSSR count). The van der Waals surface area contributed by atoms with Gasteiger partial charge < -0.3 is 15.2 Å². The van der Waals surface area contributed by atoms with Crippen molar-refractivity contribution < 1.29 is 24.2 Å². The monoisotopic (exact) mass is 270 g/mol. The van der Waals surface area contributed by atoms with Gasteiger partial charge in [-0.3, -0.25) is 10.1 Å². The third kappa shape index (κ3) is 4.39. The Hall–Kier alpha value is -1.85. The van der Waals surface area contributed by atoms with Crippen LogP contribution in [0.2, 0.25) is 0 Å². The number of nitrogens with one attached hydrogen (secondary N) is 2. The number of hydrogen-bond acceptors (Lipinski definition) is 5. The van der Waals surface area contributed by atoms with Gasteiger partial charge in [-0.05, 0) is 20.8 Å². The van der Waals surface area contributed by atoms with Crippen molar-refractivity contribution in [3.8, 4) is 0 Å². The van der Waals surface area contributed by atoms with Gasteiger partial charge in [0, 0.05) is 24.6 Å². The summed E-state index contributed by atoms with van der Waals surface area (Å²) >= 11 is 0. The quantitative estimate of drug-likeness (QED) is 0.621. The lowest BCUT2D eigenvalue weighted by molar-refractivity contribution is -0.138. The van der Waals surface area contributed by atoms with E-state index in [1.165, 1.54) is 0 Å². The molecule has 0 spiro atoms. The summed E-state index contributed by atoms with van der Waals surface area (Å²) in [6, 6.07) is -1.03. The fourth-order valence-corrected chi connectivity index (χ4v) is 1.78. The van der Waals surface area contributed by atoms with Gasteiger partial charge in [0.15, 0.2) is 0 Å². The molecule has 1 fully saturated rings. The molecule has 1 aliphatic heterocycles. The van der Waals surface area contributed by atoms with Gasteiger partial charge in [-0.1, -0.05) is 0 Å². The molecule has 7 nitrogen and oxygen atoms in total. The molecule has 0 bridgehead atoms. The minimum atomic E-state index is -1.13. The highest BCUT2D eigenvalue weighted by molar-refractivity contribution is 5.82. The number of carbonyl (C=O) groups is 2. The topological polar surface area (TPSA) is 105 Å². The Bertz CT molecular complexity index is 420. The van der Waals surface area contributed by atoms with Gasteiger partial charge >= 0.3 is 12.1 Å². The number of amides is 1. The summed E-state index contributed by atoms with van der Waals surface area (Å²) in [4.78, 5) is 33.1. The van der Waals surface area contributed by atoms with E-state index in [4.69, 9.17) is 9.84 Å². The van der Waals surface area contributed by atoms with Crippen molar-refractivity contribution in [1.82, 2.24) is 10.6 Å². The highest BCUT2D eigenvalue weighted by Gasteiger charge is 2.36. The fourth-order valence-electron chi connectivity index (χ4n) is 1.78. The largest absolute Gasteiger partial charge is 0.480 e. The van der Waals surface area contributed by atoms with Gasteiger partial charge in [-0.25, -0.2) is 9.59 Å². The molecule has 2 unspecified atom stereocenters. The lowest BCUT2D eigenvalue weighted by atomic mass is 9.99. The first kappa shape index (κ1) is 15.2. The molecule has 0 aromatic carbocycles. The van der Waals surface area contributed by atoms with Crippen LogP contribution >= 0.6 is 0 Å². The van der Waals surface area contributed by atoms with Crippen LogP contribution in [0.4, 0.5) is 4.79 Å². The van der Waals surface area contributed by atoms with Crippen LogP contribution in [0.15, 0.2) is 5.57 Å². The van der Waals surface area contributed by atoms with Gasteiger partial charge in [0.25, 0.3) is 0 Å². The van der Waals surface area contributed by atoms with Crippen molar-refractivity contribution in [1.29, 1.82) is 0 Å². The number of hydrogen-bond donors (Lipinski definition) is 3. The average molecular weight is 270 g/mol. The molecule has 19 heavy (non-hydrogen) atoms. The second kappa shape index (κ2) is 5.86. The Morgan fingerprint density at radius 3 is 2.63 bits per heavy atom. The number of carboxylic acids is 1. The summed E-state index contributed by atoms with van der Waals surface area (Å²) in [5, 5.41) is 14.1. The van der Waals surface area contributed by atoms with E-state index in [-0.39, 0.29) is 18.0 Å². The summed E-state index contributed by atoms with van der Waals surface area (Å²) in [6.07, 6.45) is -0.600. The Balaban J connectivity index is 2.53. The normalized spacial score (nSPS) is 22.8. The lowest BCUT2D eigenvalue weighted by Gasteiger charge is -2.20. The molecular formula is C12H18N2O5. The number of ether oxygens (including phenoxy) is 1. The second-order valence-electron chi connectivity index (χ2n) is 5.32. The molecule has 1 heterocycles. The van der Waals surface area contributed by atoms with E-state index in [2.05, 4.69) is 10.6 Å². The van der Waals surface area contributed by atoms with Crippen molar-refractivity contribution in [2.24, 2.45) is 5.92 Å². The zero-order valence-electron chi connectivity index (χ0n) is 11.1. The number of carbonyl (C=O) groups excluding carboxylic acids is 2. The van der Waals surface area contributed by atoms with Gasteiger partial charge in [0.05, 0.1) is 0 Å². The van der Waals surface area contributed by atoms with Crippen LogP contribution in [0.1, 0.15) is 20.8 Å². The van der Waals surface area contributed by atoms with Crippen molar-refractivity contribution >= 4 is 18.0 Å². The molecule has 1 saturated heterocycles. The van der Waals surface area contributed by atoms with Crippen molar-refractivity contribution in [3.63, 3.8) is 0 Å². The van der Waals surface area contributed by atoms with Crippen molar-refractivity contribution in [2.45, 2.75) is 32.4 Å². The molecule has 2 atom stereocenters. The lowest BCUT2D eigenvalue weighted by Crippen LogP contribution is -2.36. The van der Waals surface area contributed by atoms with E-state index >= 15 is 0 Å². The van der Waals surface area contributed by atoms with E-state index in [9.17, 15) is 14.4 Å². The molecule has 0 aliphatic carbocycles. The third-order valence-electron chi connectivity index (χ3n) is 2.58. The van der Waals surface area contributed by atoms with E-state index < -0.39 is 23.7 Å². The molecule has 0 aromatic rings.